The highest BCUT2D eigenvalue weighted by molar-refractivity contribution is 5.93. The van der Waals surface area contributed by atoms with Gasteiger partial charge in [0.1, 0.15) is 0 Å². The average molecular weight is 555 g/mol. The molecule has 0 bridgehead atoms. The van der Waals surface area contributed by atoms with Crippen LogP contribution in [-0.2, 0) is 15.1 Å². The molecule has 2 aliphatic carbocycles. The first-order chi connectivity index (χ1) is 19.6. The summed E-state index contributed by atoms with van der Waals surface area (Å²) < 4.78 is 0. The second-order valence-electron chi connectivity index (χ2n) is 12.4. The number of hydrogen-bond donors (Lipinski definition) is 3. The van der Waals surface area contributed by atoms with E-state index in [-0.39, 0.29) is 17.9 Å². The Morgan fingerprint density at radius 2 is 1.68 bits per heavy atom. The van der Waals surface area contributed by atoms with E-state index in [1.807, 2.05) is 86.5 Å². The smallest absolute Gasteiger partial charge is 0.224 e. The fourth-order valence-corrected chi connectivity index (χ4v) is 6.74. The van der Waals surface area contributed by atoms with Gasteiger partial charge in [0.2, 0.25) is 11.8 Å². The van der Waals surface area contributed by atoms with Gasteiger partial charge in [-0.3, -0.25) is 14.6 Å². The molecule has 2 fully saturated rings. The van der Waals surface area contributed by atoms with Crippen molar-refractivity contribution in [3.63, 3.8) is 0 Å². The summed E-state index contributed by atoms with van der Waals surface area (Å²) in [6, 6.07) is 20.5. The number of aliphatic hydroxyl groups is 1. The second-order valence-corrected chi connectivity index (χ2v) is 12.4. The van der Waals surface area contributed by atoms with Gasteiger partial charge in [0.05, 0.1) is 23.2 Å². The highest BCUT2D eigenvalue weighted by atomic mass is 16.3. The third-order valence-electron chi connectivity index (χ3n) is 8.92. The molecular formula is C34H42N4O3. The predicted molar refractivity (Wildman–Crippen MR) is 163 cm³/mol. The van der Waals surface area contributed by atoms with Gasteiger partial charge in [0.25, 0.3) is 0 Å². The number of carbonyl (C=O) groups is 2. The first-order valence-electron chi connectivity index (χ1n) is 14.8. The summed E-state index contributed by atoms with van der Waals surface area (Å²) in [6.45, 7) is 3.72. The van der Waals surface area contributed by atoms with Crippen molar-refractivity contribution in [3.05, 3.63) is 72.4 Å². The van der Waals surface area contributed by atoms with Gasteiger partial charge < -0.3 is 21.1 Å². The van der Waals surface area contributed by atoms with Crippen molar-refractivity contribution in [2.75, 3.05) is 12.4 Å². The van der Waals surface area contributed by atoms with E-state index in [9.17, 15) is 14.7 Å². The Morgan fingerprint density at radius 3 is 2.29 bits per heavy atom. The van der Waals surface area contributed by atoms with Crippen LogP contribution in [0.25, 0.3) is 22.4 Å². The van der Waals surface area contributed by atoms with Gasteiger partial charge in [-0.15, -0.1) is 0 Å². The molecule has 0 atom stereocenters. The normalized spacial score (nSPS) is 25.7. The maximum Gasteiger partial charge on any atom is 0.224 e. The second kappa shape index (κ2) is 11.7. The first-order valence-corrected chi connectivity index (χ1v) is 14.8. The van der Waals surface area contributed by atoms with E-state index in [0.717, 1.165) is 53.6 Å². The molecule has 2 saturated carbocycles. The van der Waals surface area contributed by atoms with Gasteiger partial charge >= 0.3 is 0 Å². The highest BCUT2D eigenvalue weighted by Gasteiger charge is 2.49. The maximum atomic E-state index is 13.0. The Labute approximate surface area is 243 Å². The molecule has 1 heterocycles. The van der Waals surface area contributed by atoms with E-state index in [2.05, 4.69) is 5.32 Å². The van der Waals surface area contributed by atoms with Gasteiger partial charge in [0, 0.05) is 42.6 Å². The van der Waals surface area contributed by atoms with Crippen molar-refractivity contribution in [1.29, 1.82) is 0 Å². The van der Waals surface area contributed by atoms with Crippen molar-refractivity contribution in [2.45, 2.75) is 82.4 Å². The topological polar surface area (TPSA) is 109 Å². The molecule has 0 unspecified atom stereocenters. The fourth-order valence-electron chi connectivity index (χ4n) is 6.74. The largest absolute Gasteiger partial charge is 0.390 e. The molecule has 3 aromatic rings. The molecule has 0 radical (unpaired) electrons. The van der Waals surface area contributed by atoms with E-state index in [1.54, 1.807) is 6.20 Å². The molecule has 0 saturated heterocycles. The van der Waals surface area contributed by atoms with Crippen molar-refractivity contribution >= 4 is 17.5 Å². The highest BCUT2D eigenvalue weighted by Crippen LogP contribution is 2.46. The van der Waals surface area contributed by atoms with Gasteiger partial charge in [-0.25, -0.2) is 0 Å². The number of rotatable bonds is 8. The molecule has 0 aliphatic heterocycles. The standard InChI is InChI=1S/C34H42N4O3/c1-4-31(40)38(3)28-16-10-23(11-17-28)18-30(39)37-27-19-29(24-8-6-5-7-9-24)32(36-20-27)25-12-14-26(15-13-25)34(35)21-33(2,41)22-34/h5-9,12-15,19-20,23,28,41H,4,10-11,16-18,21-22,35H2,1-3H3,(H,37,39)/t23?,28?,33-,34-. The summed E-state index contributed by atoms with van der Waals surface area (Å²) >= 11 is 0. The Bertz CT molecular complexity index is 1370. The van der Waals surface area contributed by atoms with Gasteiger partial charge in [-0.1, -0.05) is 61.5 Å². The van der Waals surface area contributed by atoms with Crippen LogP contribution in [0.4, 0.5) is 5.69 Å². The number of nitrogens with two attached hydrogens (primary N) is 1. The number of carbonyl (C=O) groups excluding carboxylic acids is 2. The summed E-state index contributed by atoms with van der Waals surface area (Å²) in [5.74, 6) is 0.498. The van der Waals surface area contributed by atoms with E-state index < -0.39 is 11.1 Å². The molecule has 41 heavy (non-hydrogen) atoms. The Kier molecular flexibility index (Phi) is 8.30. The van der Waals surface area contributed by atoms with E-state index >= 15 is 0 Å². The minimum atomic E-state index is -0.707. The van der Waals surface area contributed by atoms with Gasteiger partial charge in [0.15, 0.2) is 0 Å². The van der Waals surface area contributed by atoms with Gasteiger partial charge in [-0.2, -0.15) is 0 Å². The molecule has 0 spiro atoms. The summed E-state index contributed by atoms with van der Waals surface area (Å²) in [5.41, 5.74) is 10.8. The Balaban J connectivity index is 1.29. The summed E-state index contributed by atoms with van der Waals surface area (Å²) in [6.07, 6.45) is 7.58. The lowest BCUT2D eigenvalue weighted by atomic mass is 9.63. The van der Waals surface area contributed by atoms with Crippen LogP contribution in [0.2, 0.25) is 0 Å². The minimum absolute atomic E-state index is 0.00557. The van der Waals surface area contributed by atoms with Crippen molar-refractivity contribution < 1.29 is 14.7 Å². The first kappa shape index (κ1) is 29.0. The number of nitrogens with one attached hydrogen (secondary N) is 1. The van der Waals surface area contributed by atoms with Crippen LogP contribution >= 0.6 is 0 Å². The van der Waals surface area contributed by atoms with Crippen LogP contribution in [0.5, 0.6) is 0 Å². The zero-order valence-electron chi connectivity index (χ0n) is 24.4. The number of amides is 2. The molecule has 216 valence electrons. The number of anilines is 1. The molecule has 1 aromatic heterocycles. The number of aromatic nitrogens is 1. The molecule has 5 rings (SSSR count). The molecule has 4 N–H and O–H groups in total. The molecule has 2 aliphatic rings. The maximum absolute atomic E-state index is 13.0. The van der Waals surface area contributed by atoms with Crippen molar-refractivity contribution in [2.24, 2.45) is 11.7 Å². The van der Waals surface area contributed by atoms with Crippen molar-refractivity contribution in [3.8, 4) is 22.4 Å². The lowest BCUT2D eigenvalue weighted by molar-refractivity contribution is -0.132. The lowest BCUT2D eigenvalue weighted by Crippen LogP contribution is -2.58. The van der Waals surface area contributed by atoms with Gasteiger partial charge in [-0.05, 0) is 68.6 Å². The zero-order chi connectivity index (χ0) is 29.2. The van der Waals surface area contributed by atoms with E-state index in [0.29, 0.717) is 37.3 Å². The third-order valence-corrected chi connectivity index (χ3v) is 8.92. The molecule has 2 aromatic carbocycles. The SMILES string of the molecule is CCC(=O)N(C)C1CCC(CC(=O)Nc2cnc(-c3ccc([C@]4(N)C[C@](C)(O)C4)cc3)c(-c3ccccc3)c2)CC1. The number of benzene rings is 2. The van der Waals surface area contributed by atoms with Crippen LogP contribution in [0.15, 0.2) is 66.9 Å². The van der Waals surface area contributed by atoms with Crippen molar-refractivity contribution in [1.82, 2.24) is 9.88 Å². The molecule has 7 heteroatoms. The summed E-state index contributed by atoms with van der Waals surface area (Å²) in [7, 11) is 1.90. The van der Waals surface area contributed by atoms with Crippen LogP contribution < -0.4 is 11.1 Å². The number of hydrogen-bond acceptors (Lipinski definition) is 5. The Hall–Kier alpha value is -3.55. The van der Waals surface area contributed by atoms with Crippen LogP contribution in [-0.4, -0.2) is 45.5 Å². The minimum Gasteiger partial charge on any atom is -0.390 e. The Morgan fingerprint density at radius 1 is 1.02 bits per heavy atom. The molecular weight excluding hydrogens is 512 g/mol. The van der Waals surface area contributed by atoms with Crippen LogP contribution in [0.1, 0.15) is 70.8 Å². The van der Waals surface area contributed by atoms with Crippen LogP contribution in [0.3, 0.4) is 0 Å². The third kappa shape index (κ3) is 6.52. The van der Waals surface area contributed by atoms with E-state index in [1.165, 1.54) is 0 Å². The number of nitrogens with zero attached hydrogens (tertiary/aromatic N) is 2. The molecule has 7 nitrogen and oxygen atoms in total. The average Bonchev–Trinajstić information content (AvgIpc) is 2.96. The quantitative estimate of drug-likeness (QED) is 0.323. The summed E-state index contributed by atoms with van der Waals surface area (Å²) in [5, 5.41) is 13.3. The predicted octanol–water partition coefficient (Wildman–Crippen LogP) is 5.87. The van der Waals surface area contributed by atoms with Crippen LogP contribution in [0, 0.1) is 5.92 Å². The molecule has 2 amide bonds. The zero-order valence-corrected chi connectivity index (χ0v) is 24.4. The van der Waals surface area contributed by atoms with E-state index in [4.69, 9.17) is 10.7 Å². The number of pyridine rings is 1. The summed E-state index contributed by atoms with van der Waals surface area (Å²) in [4.78, 5) is 31.8. The lowest BCUT2D eigenvalue weighted by Gasteiger charge is -2.49. The fraction of sp³-hybridized carbons (Fsp3) is 0.441. The monoisotopic (exact) mass is 554 g/mol.